The van der Waals surface area contributed by atoms with Crippen molar-refractivity contribution >= 4 is 46.4 Å². The largest absolute Gasteiger partial charge is 0.273 e. The number of rotatable bonds is 3. The lowest BCUT2D eigenvalue weighted by Crippen LogP contribution is -2.41. The summed E-state index contributed by atoms with van der Waals surface area (Å²) in [6.45, 7) is 3.79. The van der Waals surface area contributed by atoms with Gasteiger partial charge in [-0.2, -0.15) is 0 Å². The van der Waals surface area contributed by atoms with E-state index in [0.29, 0.717) is 15.7 Å². The van der Waals surface area contributed by atoms with Crippen LogP contribution in [0.3, 0.4) is 0 Å². The van der Waals surface area contributed by atoms with Gasteiger partial charge < -0.3 is 0 Å². The van der Waals surface area contributed by atoms with Crippen LogP contribution in [0.5, 0.6) is 0 Å². The Morgan fingerprint density at radius 3 is 2.12 bits per heavy atom. The van der Waals surface area contributed by atoms with Crippen molar-refractivity contribution in [1.82, 2.24) is 0 Å². The van der Waals surface area contributed by atoms with E-state index in [9.17, 15) is 9.59 Å². The predicted molar refractivity (Wildman–Crippen MR) is 125 cm³/mol. The standard InChI is InChI=1S/C25H20Cl2N2O3/c1-15-8-10-16(11-9-15)21-25(2)22(32-29(21)19-6-4-3-5-7-19)23(30)28(24(25)31)20-13-17(26)12-18(27)14-20/h3-14,21-22H,1-2H3. The van der Waals surface area contributed by atoms with Gasteiger partial charge >= 0.3 is 0 Å². The van der Waals surface area contributed by atoms with Crippen LogP contribution < -0.4 is 9.96 Å². The molecule has 2 aliphatic heterocycles. The molecule has 162 valence electrons. The number of hydroxylamine groups is 1. The molecule has 3 aromatic carbocycles. The van der Waals surface area contributed by atoms with E-state index in [1.165, 1.54) is 0 Å². The number of nitrogens with zero attached hydrogens (tertiary/aromatic N) is 2. The molecule has 3 aromatic rings. The highest BCUT2D eigenvalue weighted by molar-refractivity contribution is 6.36. The van der Waals surface area contributed by atoms with Gasteiger partial charge in [-0.3, -0.25) is 14.4 Å². The summed E-state index contributed by atoms with van der Waals surface area (Å²) >= 11 is 12.3. The molecule has 3 atom stereocenters. The van der Waals surface area contributed by atoms with Crippen LogP contribution in [-0.4, -0.2) is 17.9 Å². The lowest BCUT2D eigenvalue weighted by atomic mass is 9.76. The van der Waals surface area contributed by atoms with Crippen molar-refractivity contribution in [2.24, 2.45) is 5.41 Å². The van der Waals surface area contributed by atoms with Gasteiger partial charge in [-0.1, -0.05) is 71.2 Å². The number of para-hydroxylation sites is 1. The average Bonchev–Trinajstić information content (AvgIpc) is 3.17. The maximum absolute atomic E-state index is 13.9. The van der Waals surface area contributed by atoms with Crippen LogP contribution in [0.1, 0.15) is 24.1 Å². The van der Waals surface area contributed by atoms with E-state index >= 15 is 0 Å². The fraction of sp³-hybridized carbons (Fsp3) is 0.200. The molecule has 7 heteroatoms. The number of hydrogen-bond acceptors (Lipinski definition) is 4. The van der Waals surface area contributed by atoms with Gasteiger partial charge in [0, 0.05) is 10.0 Å². The lowest BCUT2D eigenvalue weighted by molar-refractivity contribution is -0.128. The Balaban J connectivity index is 1.65. The summed E-state index contributed by atoms with van der Waals surface area (Å²) in [7, 11) is 0. The van der Waals surface area contributed by atoms with Gasteiger partial charge in [-0.05, 0) is 49.7 Å². The van der Waals surface area contributed by atoms with Crippen LogP contribution >= 0.6 is 23.2 Å². The number of anilines is 2. The fourth-order valence-corrected chi connectivity index (χ4v) is 5.10. The predicted octanol–water partition coefficient (Wildman–Crippen LogP) is 5.74. The summed E-state index contributed by atoms with van der Waals surface area (Å²) in [5.41, 5.74) is 1.94. The number of benzene rings is 3. The van der Waals surface area contributed by atoms with Crippen LogP contribution in [0.2, 0.25) is 10.0 Å². The highest BCUT2D eigenvalue weighted by Crippen LogP contribution is 2.55. The molecule has 2 aliphatic rings. The van der Waals surface area contributed by atoms with Gasteiger partial charge in [-0.25, -0.2) is 9.96 Å². The summed E-state index contributed by atoms with van der Waals surface area (Å²) in [4.78, 5) is 34.7. The Bertz CT molecular complexity index is 1200. The molecule has 0 N–H and O–H groups in total. The van der Waals surface area contributed by atoms with E-state index in [4.69, 9.17) is 28.0 Å². The minimum absolute atomic E-state index is 0.339. The zero-order chi connectivity index (χ0) is 22.6. The van der Waals surface area contributed by atoms with Crippen molar-refractivity contribution in [3.05, 3.63) is 94.0 Å². The first-order chi connectivity index (χ1) is 15.3. The fourth-order valence-electron chi connectivity index (χ4n) is 4.59. The van der Waals surface area contributed by atoms with Gasteiger partial charge in [0.1, 0.15) is 5.41 Å². The van der Waals surface area contributed by atoms with E-state index in [2.05, 4.69) is 0 Å². The van der Waals surface area contributed by atoms with Gasteiger partial charge in [0.25, 0.3) is 5.91 Å². The lowest BCUT2D eigenvalue weighted by Gasteiger charge is -2.32. The minimum atomic E-state index is -1.16. The number of aryl methyl sites for hydroxylation is 1. The summed E-state index contributed by atoms with van der Waals surface area (Å²) in [6, 6.07) is 21.6. The number of halogens is 2. The molecule has 2 saturated heterocycles. The molecule has 5 rings (SSSR count). The molecule has 0 aromatic heterocycles. The Kier molecular flexibility index (Phi) is 5.01. The molecule has 0 saturated carbocycles. The number of carbonyl (C=O) groups excluding carboxylic acids is 2. The molecule has 0 radical (unpaired) electrons. The van der Waals surface area contributed by atoms with E-state index in [0.717, 1.165) is 21.7 Å². The number of amides is 2. The van der Waals surface area contributed by atoms with Crippen LogP contribution in [-0.2, 0) is 14.4 Å². The third-order valence-corrected chi connectivity index (χ3v) is 6.62. The van der Waals surface area contributed by atoms with E-state index in [1.807, 2.05) is 61.5 Å². The van der Waals surface area contributed by atoms with Crippen molar-refractivity contribution < 1.29 is 14.4 Å². The Morgan fingerprint density at radius 1 is 0.875 bits per heavy atom. The molecular formula is C25H20Cl2N2O3. The number of imide groups is 1. The first-order valence-corrected chi connectivity index (χ1v) is 11.0. The molecule has 5 nitrogen and oxygen atoms in total. The molecule has 32 heavy (non-hydrogen) atoms. The SMILES string of the molecule is Cc1ccc(C2N(c3ccccc3)OC3C(=O)N(c4cc(Cl)cc(Cl)c4)C(=O)C32C)cc1. The maximum Gasteiger partial charge on any atom is 0.266 e. The average molecular weight is 467 g/mol. The molecule has 0 bridgehead atoms. The summed E-state index contributed by atoms with van der Waals surface area (Å²) < 4.78 is 0. The van der Waals surface area contributed by atoms with Crippen LogP contribution in [0.4, 0.5) is 11.4 Å². The van der Waals surface area contributed by atoms with Crippen LogP contribution in [0.15, 0.2) is 72.8 Å². The van der Waals surface area contributed by atoms with Crippen molar-refractivity contribution in [3.63, 3.8) is 0 Å². The molecular weight excluding hydrogens is 447 g/mol. The second-order valence-corrected chi connectivity index (χ2v) is 9.22. The third kappa shape index (κ3) is 3.12. The molecule has 2 fully saturated rings. The van der Waals surface area contributed by atoms with Crippen molar-refractivity contribution in [2.45, 2.75) is 26.0 Å². The molecule has 2 amide bonds. The normalized spacial score (nSPS) is 24.9. The molecule has 2 heterocycles. The monoisotopic (exact) mass is 466 g/mol. The van der Waals surface area contributed by atoms with Crippen LogP contribution in [0.25, 0.3) is 0 Å². The van der Waals surface area contributed by atoms with Gasteiger partial charge in [0.2, 0.25) is 5.91 Å². The number of hydrogen-bond donors (Lipinski definition) is 0. The highest BCUT2D eigenvalue weighted by atomic mass is 35.5. The van der Waals surface area contributed by atoms with Gasteiger partial charge in [-0.15, -0.1) is 0 Å². The van der Waals surface area contributed by atoms with Crippen molar-refractivity contribution in [2.75, 3.05) is 9.96 Å². The Labute approximate surface area is 196 Å². The van der Waals surface area contributed by atoms with Gasteiger partial charge in [0.05, 0.1) is 17.4 Å². The first-order valence-electron chi connectivity index (χ1n) is 10.2. The van der Waals surface area contributed by atoms with E-state index < -0.39 is 23.5 Å². The van der Waals surface area contributed by atoms with Crippen molar-refractivity contribution in [1.29, 1.82) is 0 Å². The smallest absolute Gasteiger partial charge is 0.266 e. The summed E-state index contributed by atoms with van der Waals surface area (Å²) in [6.07, 6.45) is -0.987. The number of fused-ring (bicyclic) bond motifs is 1. The maximum atomic E-state index is 13.9. The van der Waals surface area contributed by atoms with E-state index in [1.54, 1.807) is 30.2 Å². The van der Waals surface area contributed by atoms with Crippen molar-refractivity contribution in [3.8, 4) is 0 Å². The van der Waals surface area contributed by atoms with Gasteiger partial charge in [0.15, 0.2) is 6.10 Å². The summed E-state index contributed by atoms with van der Waals surface area (Å²) in [5, 5.41) is 2.38. The zero-order valence-electron chi connectivity index (χ0n) is 17.5. The number of carbonyl (C=O) groups is 2. The molecule has 0 spiro atoms. The second-order valence-electron chi connectivity index (χ2n) is 8.35. The summed E-state index contributed by atoms with van der Waals surface area (Å²) in [5.74, 6) is -0.791. The zero-order valence-corrected chi connectivity index (χ0v) is 19.0. The highest BCUT2D eigenvalue weighted by Gasteiger charge is 2.68. The Morgan fingerprint density at radius 2 is 1.50 bits per heavy atom. The second kappa shape index (κ2) is 7.62. The Hall–Kier alpha value is -2.86. The van der Waals surface area contributed by atoms with E-state index in [-0.39, 0.29) is 5.91 Å². The quantitative estimate of drug-likeness (QED) is 0.461. The van der Waals surface area contributed by atoms with Crippen LogP contribution in [0, 0.1) is 12.3 Å². The molecule has 0 aliphatic carbocycles. The third-order valence-electron chi connectivity index (χ3n) is 6.18. The molecule has 3 unspecified atom stereocenters. The topological polar surface area (TPSA) is 49.9 Å². The minimum Gasteiger partial charge on any atom is -0.273 e. The first kappa shape index (κ1) is 21.0.